The third-order valence-corrected chi connectivity index (χ3v) is 1.18. The monoisotopic (exact) mass is 163 g/mol. The lowest BCUT2D eigenvalue weighted by molar-refractivity contribution is -0.115. The van der Waals surface area contributed by atoms with E-state index >= 15 is 0 Å². The molecule has 0 aromatic carbocycles. The van der Waals surface area contributed by atoms with Crippen LogP contribution in [0.25, 0.3) is 0 Å². The highest BCUT2D eigenvalue weighted by molar-refractivity contribution is 7.89. The van der Waals surface area contributed by atoms with Crippen molar-refractivity contribution in [3.8, 4) is 0 Å². The highest BCUT2D eigenvalue weighted by atomic mass is 32.2. The van der Waals surface area contributed by atoms with Gasteiger partial charge in [-0.25, -0.2) is 8.42 Å². The summed E-state index contributed by atoms with van der Waals surface area (Å²) in [5.41, 5.74) is 0. The number of nitrogens with zero attached hydrogens (tertiary/aromatic N) is 1. The molecule has 4 nitrogen and oxygen atoms in total. The van der Waals surface area contributed by atoms with Crippen molar-refractivity contribution in [2.45, 2.75) is 13.3 Å². The van der Waals surface area contributed by atoms with Crippen LogP contribution in [0.5, 0.6) is 0 Å². The second kappa shape index (κ2) is 3.46. The Morgan fingerprint density at radius 3 is 2.40 bits per heavy atom. The van der Waals surface area contributed by atoms with Crippen molar-refractivity contribution >= 4 is 22.0 Å². The number of rotatable bonds is 3. The zero-order valence-electron chi connectivity index (χ0n) is 5.86. The SMILES string of the molecule is CC(=O)CC=NS(C)(=O)=O. The summed E-state index contributed by atoms with van der Waals surface area (Å²) in [5, 5.41) is 0. The first kappa shape index (κ1) is 9.29. The molecule has 0 aliphatic rings. The van der Waals surface area contributed by atoms with Gasteiger partial charge in [0.25, 0.3) is 0 Å². The molecule has 0 aliphatic carbocycles. The van der Waals surface area contributed by atoms with Crippen LogP contribution in [0.3, 0.4) is 0 Å². The lowest BCUT2D eigenvalue weighted by Crippen LogP contribution is -1.94. The van der Waals surface area contributed by atoms with Gasteiger partial charge in [0.1, 0.15) is 5.78 Å². The molecule has 10 heavy (non-hydrogen) atoms. The van der Waals surface area contributed by atoms with Gasteiger partial charge < -0.3 is 0 Å². The molecule has 0 saturated heterocycles. The Hall–Kier alpha value is -0.710. The summed E-state index contributed by atoms with van der Waals surface area (Å²) in [6.07, 6.45) is 2.15. The average Bonchev–Trinajstić information content (AvgIpc) is 1.59. The predicted octanol–water partition coefficient (Wildman–Crippen LogP) is -0.00410. The maximum Gasteiger partial charge on any atom is 0.249 e. The van der Waals surface area contributed by atoms with Gasteiger partial charge in [-0.1, -0.05) is 0 Å². The van der Waals surface area contributed by atoms with Gasteiger partial charge in [-0.3, -0.25) is 4.79 Å². The van der Waals surface area contributed by atoms with E-state index in [-0.39, 0.29) is 12.2 Å². The number of hydrogen-bond donors (Lipinski definition) is 0. The van der Waals surface area contributed by atoms with Crippen molar-refractivity contribution in [2.24, 2.45) is 4.40 Å². The summed E-state index contributed by atoms with van der Waals surface area (Å²) < 4.78 is 23.7. The molecule has 0 atom stereocenters. The standard InChI is InChI=1S/C5H9NO3S/c1-5(7)3-4-6-10(2,8)9/h4H,3H2,1-2H3. The van der Waals surface area contributed by atoms with E-state index in [0.717, 1.165) is 12.5 Å². The first-order valence-electron chi connectivity index (χ1n) is 2.65. The maximum atomic E-state index is 10.3. The van der Waals surface area contributed by atoms with Crippen molar-refractivity contribution < 1.29 is 13.2 Å². The maximum absolute atomic E-state index is 10.3. The molecule has 0 fully saturated rings. The van der Waals surface area contributed by atoms with E-state index < -0.39 is 10.0 Å². The molecular weight excluding hydrogens is 154 g/mol. The lowest BCUT2D eigenvalue weighted by Gasteiger charge is -1.83. The molecule has 58 valence electrons. The van der Waals surface area contributed by atoms with Gasteiger partial charge in [-0.05, 0) is 6.92 Å². The van der Waals surface area contributed by atoms with Crippen LogP contribution >= 0.6 is 0 Å². The van der Waals surface area contributed by atoms with Crippen LogP contribution in [0, 0.1) is 0 Å². The Bertz CT molecular complexity index is 240. The number of carbonyl (C=O) groups excluding carboxylic acids is 1. The molecule has 0 spiro atoms. The fraction of sp³-hybridized carbons (Fsp3) is 0.600. The van der Waals surface area contributed by atoms with E-state index in [1.54, 1.807) is 0 Å². The van der Waals surface area contributed by atoms with Crippen molar-refractivity contribution in [2.75, 3.05) is 6.26 Å². The minimum absolute atomic E-state index is 0.0765. The normalized spacial score (nSPS) is 12.2. The number of sulfonamides is 1. The second-order valence-electron chi connectivity index (χ2n) is 1.93. The molecule has 0 radical (unpaired) electrons. The molecule has 0 unspecified atom stereocenters. The summed E-state index contributed by atoms with van der Waals surface area (Å²) in [6.45, 7) is 1.37. The summed E-state index contributed by atoms with van der Waals surface area (Å²) in [5.74, 6) is -0.104. The summed E-state index contributed by atoms with van der Waals surface area (Å²) in [4.78, 5) is 10.2. The number of Topliss-reactive ketones (excluding diaryl/α,β-unsaturated/α-hetero) is 1. The van der Waals surface area contributed by atoms with Gasteiger partial charge in [0.2, 0.25) is 10.0 Å². The number of hydrogen-bond acceptors (Lipinski definition) is 3. The van der Waals surface area contributed by atoms with Crippen LogP contribution in [-0.4, -0.2) is 26.7 Å². The van der Waals surface area contributed by atoms with Gasteiger partial charge in [-0.15, -0.1) is 0 Å². The zero-order chi connectivity index (χ0) is 8.20. The topological polar surface area (TPSA) is 63.6 Å². The fourth-order valence-electron chi connectivity index (χ4n) is 0.301. The second-order valence-corrected chi connectivity index (χ2v) is 3.60. The van der Waals surface area contributed by atoms with Crippen molar-refractivity contribution in [3.63, 3.8) is 0 Å². The zero-order valence-corrected chi connectivity index (χ0v) is 6.68. The Balaban J connectivity index is 3.92. The molecule has 0 aliphatic heterocycles. The van der Waals surface area contributed by atoms with Crippen LogP contribution in [0.15, 0.2) is 4.40 Å². The largest absolute Gasteiger partial charge is 0.300 e. The predicted molar refractivity (Wildman–Crippen MR) is 38.6 cm³/mol. The van der Waals surface area contributed by atoms with Gasteiger partial charge in [0, 0.05) is 12.6 Å². The third-order valence-electron chi connectivity index (χ3n) is 0.645. The molecule has 0 N–H and O–H groups in total. The van der Waals surface area contributed by atoms with Crippen LogP contribution in [-0.2, 0) is 14.8 Å². The molecular formula is C5H9NO3S. The van der Waals surface area contributed by atoms with Crippen LogP contribution in [0.2, 0.25) is 0 Å². The molecule has 0 heterocycles. The lowest BCUT2D eigenvalue weighted by atomic mass is 10.3. The van der Waals surface area contributed by atoms with Crippen molar-refractivity contribution in [3.05, 3.63) is 0 Å². The fourth-order valence-corrected chi connectivity index (χ4v) is 0.647. The Morgan fingerprint density at radius 2 is 2.10 bits per heavy atom. The van der Waals surface area contributed by atoms with E-state index in [2.05, 4.69) is 4.40 Å². The van der Waals surface area contributed by atoms with E-state index in [0.29, 0.717) is 0 Å². The molecule has 0 aromatic heterocycles. The molecule has 0 bridgehead atoms. The highest BCUT2D eigenvalue weighted by Crippen LogP contribution is 1.83. The smallest absolute Gasteiger partial charge is 0.249 e. The minimum Gasteiger partial charge on any atom is -0.300 e. The van der Waals surface area contributed by atoms with Crippen LogP contribution in [0.1, 0.15) is 13.3 Å². The van der Waals surface area contributed by atoms with Gasteiger partial charge in [0.05, 0.1) is 6.26 Å². The number of ketones is 1. The number of carbonyl (C=O) groups is 1. The Morgan fingerprint density at radius 1 is 1.60 bits per heavy atom. The Kier molecular flexibility index (Phi) is 3.21. The van der Waals surface area contributed by atoms with Gasteiger partial charge in [-0.2, -0.15) is 4.40 Å². The van der Waals surface area contributed by atoms with E-state index in [1.165, 1.54) is 6.92 Å². The van der Waals surface area contributed by atoms with E-state index in [9.17, 15) is 13.2 Å². The molecule has 0 aromatic rings. The average molecular weight is 163 g/mol. The van der Waals surface area contributed by atoms with E-state index in [4.69, 9.17) is 0 Å². The van der Waals surface area contributed by atoms with Crippen LogP contribution < -0.4 is 0 Å². The van der Waals surface area contributed by atoms with Crippen molar-refractivity contribution in [1.82, 2.24) is 0 Å². The Labute approximate surface area is 60.0 Å². The minimum atomic E-state index is -3.30. The van der Waals surface area contributed by atoms with Crippen LogP contribution in [0.4, 0.5) is 0 Å². The quantitative estimate of drug-likeness (QED) is 0.550. The van der Waals surface area contributed by atoms with Gasteiger partial charge >= 0.3 is 0 Å². The first-order chi connectivity index (χ1) is 4.42. The van der Waals surface area contributed by atoms with E-state index in [1.807, 2.05) is 0 Å². The summed E-state index contributed by atoms with van der Waals surface area (Å²) in [6, 6.07) is 0. The third kappa shape index (κ3) is 7.29. The molecule has 0 rings (SSSR count). The summed E-state index contributed by atoms with van der Waals surface area (Å²) in [7, 11) is -3.30. The molecule has 5 heteroatoms. The molecule has 0 amide bonds. The molecule has 0 saturated carbocycles. The highest BCUT2D eigenvalue weighted by Gasteiger charge is 1.93. The van der Waals surface area contributed by atoms with Crippen molar-refractivity contribution in [1.29, 1.82) is 0 Å². The van der Waals surface area contributed by atoms with Gasteiger partial charge in [0.15, 0.2) is 0 Å². The first-order valence-corrected chi connectivity index (χ1v) is 4.50. The summed E-state index contributed by atoms with van der Waals surface area (Å²) >= 11 is 0.